The first-order chi connectivity index (χ1) is 13.4. The van der Waals surface area contributed by atoms with Gasteiger partial charge in [-0.25, -0.2) is 8.42 Å². The van der Waals surface area contributed by atoms with E-state index in [0.717, 1.165) is 11.8 Å². The number of anilines is 1. The van der Waals surface area contributed by atoms with Crippen LogP contribution in [0.15, 0.2) is 51.8 Å². The molecule has 0 fully saturated rings. The van der Waals surface area contributed by atoms with Crippen molar-refractivity contribution >= 4 is 21.8 Å². The fourth-order valence-electron chi connectivity index (χ4n) is 2.64. The van der Waals surface area contributed by atoms with E-state index in [1.807, 2.05) is 12.1 Å². The molecule has 0 spiro atoms. The number of nitrogens with one attached hydrogen (secondary N) is 1. The highest BCUT2D eigenvalue weighted by Gasteiger charge is 2.17. The van der Waals surface area contributed by atoms with Crippen LogP contribution in [0.25, 0.3) is 0 Å². The first kappa shape index (κ1) is 18.0. The minimum absolute atomic E-state index is 0.0502. The van der Waals surface area contributed by atoms with Crippen LogP contribution in [0.5, 0.6) is 11.5 Å². The molecule has 1 aliphatic rings. The minimum atomic E-state index is -3.42. The molecular weight excluding hydrogens is 386 g/mol. The first-order valence-corrected chi connectivity index (χ1v) is 10.1. The lowest BCUT2D eigenvalue weighted by atomic mass is 10.1. The van der Waals surface area contributed by atoms with Gasteiger partial charge in [0.2, 0.25) is 12.7 Å². The third kappa shape index (κ3) is 3.81. The SMILES string of the molecule is CS(=O)(=O)c1cccc(C(=O)Nc2nnc(Cc3ccc4c(c3)OCO4)o2)c1. The fourth-order valence-corrected chi connectivity index (χ4v) is 3.31. The Kier molecular flexibility index (Phi) is 4.47. The summed E-state index contributed by atoms with van der Waals surface area (Å²) < 4.78 is 39.3. The van der Waals surface area contributed by atoms with Crippen LogP contribution in [0.4, 0.5) is 6.01 Å². The highest BCUT2D eigenvalue weighted by atomic mass is 32.2. The van der Waals surface area contributed by atoms with Crippen molar-refractivity contribution in [1.82, 2.24) is 10.2 Å². The van der Waals surface area contributed by atoms with Gasteiger partial charge >= 0.3 is 6.01 Å². The van der Waals surface area contributed by atoms with E-state index < -0.39 is 15.7 Å². The normalized spacial score (nSPS) is 12.8. The van der Waals surface area contributed by atoms with E-state index in [1.54, 1.807) is 6.07 Å². The number of benzene rings is 2. The third-order valence-corrected chi connectivity index (χ3v) is 5.11. The Morgan fingerprint density at radius 1 is 1.11 bits per heavy atom. The molecule has 0 atom stereocenters. The Morgan fingerprint density at radius 2 is 1.93 bits per heavy atom. The maximum Gasteiger partial charge on any atom is 0.322 e. The number of hydrogen-bond acceptors (Lipinski definition) is 8. The average Bonchev–Trinajstić information content (AvgIpc) is 3.30. The van der Waals surface area contributed by atoms with Crippen LogP contribution in [0.1, 0.15) is 21.8 Å². The second-order valence-electron chi connectivity index (χ2n) is 6.12. The van der Waals surface area contributed by atoms with Gasteiger partial charge < -0.3 is 13.9 Å². The zero-order valence-electron chi connectivity index (χ0n) is 14.7. The summed E-state index contributed by atoms with van der Waals surface area (Å²) >= 11 is 0. The summed E-state index contributed by atoms with van der Waals surface area (Å²) in [5, 5.41) is 10.2. The molecule has 144 valence electrons. The van der Waals surface area contributed by atoms with Crippen LogP contribution in [-0.2, 0) is 16.3 Å². The Morgan fingerprint density at radius 3 is 2.75 bits per heavy atom. The number of fused-ring (bicyclic) bond motifs is 1. The second-order valence-corrected chi connectivity index (χ2v) is 8.14. The number of hydrogen-bond donors (Lipinski definition) is 1. The van der Waals surface area contributed by atoms with Crippen LogP contribution in [0, 0.1) is 0 Å². The smallest absolute Gasteiger partial charge is 0.322 e. The molecule has 0 saturated heterocycles. The topological polar surface area (TPSA) is 121 Å². The number of rotatable bonds is 5. The standard InChI is InChI=1S/C18H15N3O6S/c1-28(23,24)13-4-2-3-12(9-13)17(22)19-18-21-20-16(27-18)8-11-5-6-14-15(7-11)26-10-25-14/h2-7,9H,8,10H2,1H3,(H,19,21,22). The number of ether oxygens (including phenoxy) is 2. The Hall–Kier alpha value is -3.40. The predicted octanol–water partition coefficient (Wildman–Crippen LogP) is 2.04. The molecule has 4 rings (SSSR count). The molecule has 3 aromatic rings. The number of sulfone groups is 1. The van der Waals surface area contributed by atoms with E-state index in [1.165, 1.54) is 24.3 Å². The van der Waals surface area contributed by atoms with Crippen LogP contribution >= 0.6 is 0 Å². The second kappa shape index (κ2) is 6.97. The quantitative estimate of drug-likeness (QED) is 0.689. The Bertz CT molecular complexity index is 1160. The lowest BCUT2D eigenvalue weighted by Gasteiger charge is -2.03. The summed E-state index contributed by atoms with van der Waals surface area (Å²) in [6.45, 7) is 0.191. The minimum Gasteiger partial charge on any atom is -0.454 e. The summed E-state index contributed by atoms with van der Waals surface area (Å²) in [4.78, 5) is 12.4. The van der Waals surface area contributed by atoms with Crippen molar-refractivity contribution in [3.8, 4) is 11.5 Å². The number of carbonyl (C=O) groups excluding carboxylic acids is 1. The fraction of sp³-hybridized carbons (Fsp3) is 0.167. The van der Waals surface area contributed by atoms with Gasteiger partial charge in [0.25, 0.3) is 5.91 Å². The average molecular weight is 401 g/mol. The van der Waals surface area contributed by atoms with Crippen molar-refractivity contribution in [2.75, 3.05) is 18.4 Å². The number of amides is 1. The summed E-state index contributed by atoms with van der Waals surface area (Å²) in [5.41, 5.74) is 1.05. The summed E-state index contributed by atoms with van der Waals surface area (Å²) in [6.07, 6.45) is 1.42. The molecule has 1 N–H and O–H groups in total. The largest absolute Gasteiger partial charge is 0.454 e. The van der Waals surface area contributed by atoms with Gasteiger partial charge in [-0.15, -0.1) is 5.10 Å². The van der Waals surface area contributed by atoms with E-state index in [4.69, 9.17) is 13.9 Å². The van der Waals surface area contributed by atoms with E-state index in [-0.39, 0.29) is 23.3 Å². The molecule has 0 saturated carbocycles. The van der Waals surface area contributed by atoms with Crippen molar-refractivity contribution in [3.05, 3.63) is 59.5 Å². The maximum absolute atomic E-state index is 12.3. The van der Waals surface area contributed by atoms with Crippen molar-refractivity contribution < 1.29 is 27.1 Å². The molecule has 10 heteroatoms. The molecule has 1 amide bonds. The molecule has 0 radical (unpaired) electrons. The molecule has 1 aliphatic heterocycles. The highest BCUT2D eigenvalue weighted by Crippen LogP contribution is 2.33. The van der Waals surface area contributed by atoms with Crippen molar-refractivity contribution in [2.24, 2.45) is 0 Å². The van der Waals surface area contributed by atoms with E-state index >= 15 is 0 Å². The van der Waals surface area contributed by atoms with Crippen molar-refractivity contribution in [2.45, 2.75) is 11.3 Å². The molecule has 2 aromatic carbocycles. The Labute approximate surface area is 160 Å². The molecule has 2 heterocycles. The zero-order chi connectivity index (χ0) is 19.7. The van der Waals surface area contributed by atoms with Gasteiger partial charge in [0, 0.05) is 11.8 Å². The summed E-state index contributed by atoms with van der Waals surface area (Å²) in [5.74, 6) is 1.08. The van der Waals surface area contributed by atoms with Crippen LogP contribution in [0.2, 0.25) is 0 Å². The third-order valence-electron chi connectivity index (χ3n) is 4.00. The molecule has 1 aromatic heterocycles. The van der Waals surface area contributed by atoms with Gasteiger partial charge in [0.1, 0.15) is 0 Å². The lowest BCUT2D eigenvalue weighted by molar-refractivity contribution is 0.102. The molecule has 9 nitrogen and oxygen atoms in total. The molecule has 28 heavy (non-hydrogen) atoms. The van der Waals surface area contributed by atoms with Gasteiger partial charge in [-0.1, -0.05) is 17.2 Å². The first-order valence-electron chi connectivity index (χ1n) is 8.21. The van der Waals surface area contributed by atoms with Gasteiger partial charge in [0.05, 0.1) is 11.3 Å². The summed E-state index contributed by atoms with van der Waals surface area (Å²) in [7, 11) is -3.42. The molecular formula is C18H15N3O6S. The van der Waals surface area contributed by atoms with Crippen LogP contribution < -0.4 is 14.8 Å². The predicted molar refractivity (Wildman–Crippen MR) is 97.2 cm³/mol. The zero-order valence-corrected chi connectivity index (χ0v) is 15.5. The van der Waals surface area contributed by atoms with Crippen molar-refractivity contribution in [3.63, 3.8) is 0 Å². The molecule has 0 unspecified atom stereocenters. The lowest BCUT2D eigenvalue weighted by Crippen LogP contribution is -2.13. The van der Waals surface area contributed by atoms with Crippen LogP contribution in [-0.4, -0.2) is 37.6 Å². The number of carbonyl (C=O) groups is 1. The van der Waals surface area contributed by atoms with Gasteiger partial charge in [-0.05, 0) is 35.9 Å². The Balaban J connectivity index is 1.45. The number of aromatic nitrogens is 2. The summed E-state index contributed by atoms with van der Waals surface area (Å²) in [6, 6.07) is 11.1. The van der Waals surface area contributed by atoms with Crippen LogP contribution in [0.3, 0.4) is 0 Å². The van der Waals surface area contributed by atoms with E-state index in [9.17, 15) is 13.2 Å². The van der Waals surface area contributed by atoms with E-state index in [0.29, 0.717) is 23.8 Å². The highest BCUT2D eigenvalue weighted by molar-refractivity contribution is 7.90. The van der Waals surface area contributed by atoms with E-state index in [2.05, 4.69) is 15.5 Å². The maximum atomic E-state index is 12.3. The van der Waals surface area contributed by atoms with Gasteiger partial charge in [0.15, 0.2) is 21.3 Å². The number of nitrogens with zero attached hydrogens (tertiary/aromatic N) is 2. The molecule has 0 aliphatic carbocycles. The molecule has 0 bridgehead atoms. The van der Waals surface area contributed by atoms with Gasteiger partial charge in [-0.3, -0.25) is 10.1 Å². The van der Waals surface area contributed by atoms with Crippen molar-refractivity contribution in [1.29, 1.82) is 0 Å². The van der Waals surface area contributed by atoms with Gasteiger partial charge in [-0.2, -0.15) is 0 Å². The monoisotopic (exact) mass is 401 g/mol.